The van der Waals surface area contributed by atoms with Crippen molar-refractivity contribution >= 4 is 55.7 Å². The lowest BCUT2D eigenvalue weighted by Crippen LogP contribution is -2.12. The standard InChI is InChI=1S/C48H38N2/c1-31-13-5-9-17-45(31)49(46-18-10-6-14-32(46)2)39-23-21-35-27-41-42-28-36-22-24-40(26-38(36)30-44(42)43(41)29-37(35)25-39)50(47-19-11-7-15-33(47)3)48-20-12-8-16-34(48)4/h5-30H,1-4H3. The number of benzene rings is 8. The van der Waals surface area contributed by atoms with Crippen LogP contribution in [0.3, 0.4) is 0 Å². The Bertz CT molecular complexity index is 2340. The van der Waals surface area contributed by atoms with Crippen LogP contribution < -0.4 is 9.80 Å². The Morgan fingerprint density at radius 1 is 0.280 bits per heavy atom. The Hall–Kier alpha value is -6.12. The molecule has 8 aromatic rings. The molecule has 0 radical (unpaired) electrons. The molecule has 1 aliphatic carbocycles. The molecule has 50 heavy (non-hydrogen) atoms. The first-order chi connectivity index (χ1) is 24.4. The van der Waals surface area contributed by atoms with Gasteiger partial charge in [-0.3, -0.25) is 0 Å². The van der Waals surface area contributed by atoms with Gasteiger partial charge in [0.25, 0.3) is 0 Å². The van der Waals surface area contributed by atoms with Crippen LogP contribution in [0.5, 0.6) is 0 Å². The first-order valence-electron chi connectivity index (χ1n) is 17.4. The van der Waals surface area contributed by atoms with Gasteiger partial charge < -0.3 is 9.80 Å². The molecule has 8 aromatic carbocycles. The van der Waals surface area contributed by atoms with Gasteiger partial charge in [0.15, 0.2) is 0 Å². The van der Waals surface area contributed by atoms with Gasteiger partial charge in [0.1, 0.15) is 0 Å². The van der Waals surface area contributed by atoms with Crippen molar-refractivity contribution in [1.82, 2.24) is 0 Å². The summed E-state index contributed by atoms with van der Waals surface area (Å²) in [4.78, 5) is 4.81. The van der Waals surface area contributed by atoms with E-state index < -0.39 is 0 Å². The molecule has 1 aliphatic rings. The fourth-order valence-corrected chi connectivity index (χ4v) is 7.75. The quantitative estimate of drug-likeness (QED) is 0.178. The minimum absolute atomic E-state index is 1.16. The summed E-state index contributed by atoms with van der Waals surface area (Å²) in [5.41, 5.74) is 17.4. The fraction of sp³-hybridized carbons (Fsp3) is 0.0833. The summed E-state index contributed by atoms with van der Waals surface area (Å²) in [6.45, 7) is 8.77. The number of rotatable bonds is 6. The van der Waals surface area contributed by atoms with Gasteiger partial charge in [0.05, 0.1) is 0 Å². The molecule has 240 valence electrons. The van der Waals surface area contributed by atoms with E-state index in [9.17, 15) is 0 Å². The summed E-state index contributed by atoms with van der Waals surface area (Å²) < 4.78 is 0. The number of nitrogens with zero attached hydrogens (tertiary/aromatic N) is 2. The molecule has 9 rings (SSSR count). The Kier molecular flexibility index (Phi) is 7.07. The molecule has 0 N–H and O–H groups in total. The molecule has 0 aliphatic heterocycles. The number of hydrogen-bond acceptors (Lipinski definition) is 2. The van der Waals surface area contributed by atoms with Crippen molar-refractivity contribution in [3.63, 3.8) is 0 Å². The van der Waals surface area contributed by atoms with Gasteiger partial charge >= 0.3 is 0 Å². The van der Waals surface area contributed by atoms with E-state index in [0.717, 1.165) is 11.4 Å². The molecule has 0 saturated heterocycles. The SMILES string of the molecule is Cc1ccccc1N(c1ccc2cc3c(cc2c1)-c1cc2cc(N(c4ccccc4C)c4ccccc4C)ccc2cc1-3)c1ccccc1C. The molecule has 0 amide bonds. The summed E-state index contributed by atoms with van der Waals surface area (Å²) in [7, 11) is 0. The van der Waals surface area contributed by atoms with Crippen molar-refractivity contribution in [3.05, 3.63) is 180 Å². The summed E-state index contributed by atoms with van der Waals surface area (Å²) >= 11 is 0. The average Bonchev–Trinajstić information content (AvgIpc) is 3.13. The lowest BCUT2D eigenvalue weighted by molar-refractivity contribution is 1.23. The van der Waals surface area contributed by atoms with Crippen LogP contribution >= 0.6 is 0 Å². The maximum atomic E-state index is 2.40. The average molecular weight is 643 g/mol. The molecule has 0 heterocycles. The smallest absolute Gasteiger partial charge is 0.0490 e. The van der Waals surface area contributed by atoms with Gasteiger partial charge in [-0.05, 0) is 167 Å². The highest BCUT2D eigenvalue weighted by Gasteiger charge is 2.25. The molecular weight excluding hydrogens is 605 g/mol. The first-order valence-corrected chi connectivity index (χ1v) is 17.4. The first kappa shape index (κ1) is 30.0. The van der Waals surface area contributed by atoms with E-state index in [0.29, 0.717) is 0 Å². The van der Waals surface area contributed by atoms with Gasteiger partial charge in [-0.1, -0.05) is 84.9 Å². The van der Waals surface area contributed by atoms with Crippen molar-refractivity contribution in [1.29, 1.82) is 0 Å². The topological polar surface area (TPSA) is 6.48 Å². The van der Waals surface area contributed by atoms with Crippen LogP contribution in [0, 0.1) is 27.7 Å². The van der Waals surface area contributed by atoms with E-state index in [1.807, 2.05) is 0 Å². The van der Waals surface area contributed by atoms with Crippen LogP contribution in [0.15, 0.2) is 158 Å². The maximum Gasteiger partial charge on any atom is 0.0490 e. The highest BCUT2D eigenvalue weighted by Crippen LogP contribution is 2.51. The monoisotopic (exact) mass is 642 g/mol. The molecule has 0 bridgehead atoms. The lowest BCUT2D eigenvalue weighted by atomic mass is 9.78. The Morgan fingerprint density at radius 3 is 0.860 bits per heavy atom. The van der Waals surface area contributed by atoms with Crippen LogP contribution in [-0.2, 0) is 0 Å². The maximum absolute atomic E-state index is 2.40. The fourth-order valence-electron chi connectivity index (χ4n) is 7.75. The Morgan fingerprint density at radius 2 is 0.560 bits per heavy atom. The second-order valence-corrected chi connectivity index (χ2v) is 13.7. The summed E-state index contributed by atoms with van der Waals surface area (Å²) in [6, 6.07) is 58.0. The molecule has 0 unspecified atom stereocenters. The molecule has 2 heteroatoms. The summed E-state index contributed by atoms with van der Waals surface area (Å²) in [6.07, 6.45) is 0. The van der Waals surface area contributed by atoms with E-state index in [1.165, 1.54) is 88.8 Å². The van der Waals surface area contributed by atoms with Crippen molar-refractivity contribution in [3.8, 4) is 22.3 Å². The number of fused-ring (bicyclic) bond motifs is 6. The second-order valence-electron chi connectivity index (χ2n) is 13.7. The molecule has 0 fully saturated rings. The van der Waals surface area contributed by atoms with Crippen LogP contribution in [0.4, 0.5) is 34.1 Å². The van der Waals surface area contributed by atoms with E-state index in [1.54, 1.807) is 0 Å². The van der Waals surface area contributed by atoms with Crippen molar-refractivity contribution in [2.24, 2.45) is 0 Å². The van der Waals surface area contributed by atoms with Crippen LogP contribution in [-0.4, -0.2) is 0 Å². The van der Waals surface area contributed by atoms with Crippen molar-refractivity contribution in [2.75, 3.05) is 9.80 Å². The minimum atomic E-state index is 1.16. The summed E-state index contributed by atoms with van der Waals surface area (Å²) in [5, 5.41) is 5.02. The van der Waals surface area contributed by atoms with Gasteiger partial charge in [-0.25, -0.2) is 0 Å². The third-order valence-corrected chi connectivity index (χ3v) is 10.4. The van der Waals surface area contributed by atoms with Gasteiger partial charge in [0, 0.05) is 34.1 Å². The van der Waals surface area contributed by atoms with Crippen LogP contribution in [0.2, 0.25) is 0 Å². The number of para-hydroxylation sites is 4. The van der Waals surface area contributed by atoms with Gasteiger partial charge in [-0.2, -0.15) is 0 Å². The molecule has 2 nitrogen and oxygen atoms in total. The van der Waals surface area contributed by atoms with Crippen LogP contribution in [0.1, 0.15) is 22.3 Å². The van der Waals surface area contributed by atoms with E-state index in [2.05, 4.69) is 195 Å². The zero-order valence-corrected chi connectivity index (χ0v) is 28.9. The molecular formula is C48H38N2. The van der Waals surface area contributed by atoms with Crippen LogP contribution in [0.25, 0.3) is 43.8 Å². The third kappa shape index (κ3) is 4.87. The Balaban J connectivity index is 1.15. The molecule has 0 atom stereocenters. The lowest BCUT2D eigenvalue weighted by Gasteiger charge is -2.30. The molecule has 0 spiro atoms. The number of aryl methyl sites for hydroxylation is 4. The largest absolute Gasteiger partial charge is 0.310 e. The minimum Gasteiger partial charge on any atom is -0.310 e. The summed E-state index contributed by atoms with van der Waals surface area (Å²) in [5.74, 6) is 0. The van der Waals surface area contributed by atoms with E-state index in [4.69, 9.17) is 0 Å². The highest BCUT2D eigenvalue weighted by atomic mass is 15.2. The normalized spacial score (nSPS) is 11.6. The zero-order chi connectivity index (χ0) is 33.9. The van der Waals surface area contributed by atoms with E-state index in [-0.39, 0.29) is 0 Å². The number of anilines is 6. The Labute approximate surface area is 294 Å². The van der Waals surface area contributed by atoms with Crippen molar-refractivity contribution in [2.45, 2.75) is 27.7 Å². The predicted molar refractivity (Wildman–Crippen MR) is 214 cm³/mol. The van der Waals surface area contributed by atoms with E-state index >= 15 is 0 Å². The molecule has 0 saturated carbocycles. The zero-order valence-electron chi connectivity index (χ0n) is 28.9. The third-order valence-electron chi connectivity index (χ3n) is 10.4. The van der Waals surface area contributed by atoms with Crippen molar-refractivity contribution < 1.29 is 0 Å². The second kappa shape index (κ2) is 11.8. The van der Waals surface area contributed by atoms with Gasteiger partial charge in [-0.15, -0.1) is 0 Å². The predicted octanol–water partition coefficient (Wildman–Crippen LogP) is 13.8. The number of hydrogen-bond donors (Lipinski definition) is 0. The highest BCUT2D eigenvalue weighted by molar-refractivity contribution is 6.12. The van der Waals surface area contributed by atoms with Gasteiger partial charge in [0.2, 0.25) is 0 Å². The molecule has 0 aromatic heterocycles.